The van der Waals surface area contributed by atoms with Crippen LogP contribution < -0.4 is 0 Å². The molecule has 1 fully saturated rings. The number of likely N-dealkylation sites (N-methyl/N-ethyl adjacent to an activating group) is 1. The second-order valence-corrected chi connectivity index (χ2v) is 3.85. The zero-order valence-corrected chi connectivity index (χ0v) is 9.16. The van der Waals surface area contributed by atoms with Crippen LogP contribution in [0.25, 0.3) is 0 Å². The Kier molecular flexibility index (Phi) is 2.68. The highest BCUT2D eigenvalue weighted by molar-refractivity contribution is 7.80. The first-order valence-corrected chi connectivity index (χ1v) is 5.11. The van der Waals surface area contributed by atoms with Gasteiger partial charge in [-0.1, -0.05) is 30.3 Å². The Balaban J connectivity index is 2.13. The molecule has 15 heavy (non-hydrogen) atoms. The van der Waals surface area contributed by atoms with Crippen molar-refractivity contribution < 1.29 is 9.53 Å². The maximum Gasteiger partial charge on any atom is 0.336 e. The lowest BCUT2D eigenvalue weighted by Crippen LogP contribution is -2.33. The number of benzene rings is 1. The van der Waals surface area contributed by atoms with Gasteiger partial charge in [-0.05, 0) is 17.8 Å². The van der Waals surface area contributed by atoms with Crippen molar-refractivity contribution in [1.82, 2.24) is 4.90 Å². The minimum absolute atomic E-state index is 0.258. The SMILES string of the molecule is CN1C(=S)OC(=O)[C@@H]1Cc1ccccc1. The Labute approximate surface area is 93.6 Å². The fraction of sp³-hybridized carbons (Fsp3) is 0.273. The fourth-order valence-corrected chi connectivity index (χ4v) is 1.78. The highest BCUT2D eigenvalue weighted by atomic mass is 32.1. The molecule has 3 nitrogen and oxygen atoms in total. The standard InChI is InChI=1S/C11H11NO2S/c1-12-9(10(13)14-11(12)15)7-8-5-3-2-4-6-8/h2-6,9H,7H2,1H3/t9-/m0/s1. The first-order chi connectivity index (χ1) is 7.18. The molecule has 1 aromatic rings. The minimum atomic E-state index is -0.278. The van der Waals surface area contributed by atoms with E-state index in [9.17, 15) is 4.79 Å². The van der Waals surface area contributed by atoms with Crippen LogP contribution in [-0.2, 0) is 16.0 Å². The molecule has 1 saturated heterocycles. The number of ether oxygens (including phenoxy) is 1. The number of thiocarbonyl (C=S) groups is 1. The van der Waals surface area contributed by atoms with Crippen LogP contribution in [0.1, 0.15) is 5.56 Å². The summed E-state index contributed by atoms with van der Waals surface area (Å²) in [5.41, 5.74) is 1.11. The maximum atomic E-state index is 11.4. The van der Waals surface area contributed by atoms with E-state index in [1.165, 1.54) is 0 Å². The predicted molar refractivity (Wildman–Crippen MR) is 60.4 cm³/mol. The lowest BCUT2D eigenvalue weighted by molar-refractivity contribution is -0.135. The van der Waals surface area contributed by atoms with Crippen LogP contribution in [-0.4, -0.2) is 29.1 Å². The van der Waals surface area contributed by atoms with Gasteiger partial charge in [0.2, 0.25) is 0 Å². The first kappa shape index (κ1) is 10.1. The molecule has 1 aliphatic heterocycles. The quantitative estimate of drug-likeness (QED) is 0.557. The Morgan fingerprint density at radius 3 is 2.60 bits per heavy atom. The monoisotopic (exact) mass is 221 g/mol. The number of carbonyl (C=O) groups is 1. The van der Waals surface area contributed by atoms with Crippen molar-refractivity contribution >= 4 is 23.4 Å². The van der Waals surface area contributed by atoms with Gasteiger partial charge in [0.05, 0.1) is 0 Å². The van der Waals surface area contributed by atoms with Crippen molar-refractivity contribution in [2.24, 2.45) is 0 Å². The largest absolute Gasteiger partial charge is 0.397 e. The Bertz CT molecular complexity index is 391. The van der Waals surface area contributed by atoms with E-state index in [0.29, 0.717) is 6.42 Å². The summed E-state index contributed by atoms with van der Waals surface area (Å²) in [5.74, 6) is -0.258. The van der Waals surface area contributed by atoms with E-state index >= 15 is 0 Å². The summed E-state index contributed by atoms with van der Waals surface area (Å²) in [6.45, 7) is 0. The van der Waals surface area contributed by atoms with Gasteiger partial charge in [-0.2, -0.15) is 0 Å². The molecule has 1 heterocycles. The van der Waals surface area contributed by atoms with Gasteiger partial charge in [-0.25, -0.2) is 4.79 Å². The van der Waals surface area contributed by atoms with E-state index in [2.05, 4.69) is 0 Å². The third-order valence-corrected chi connectivity index (χ3v) is 2.86. The van der Waals surface area contributed by atoms with Gasteiger partial charge in [0.25, 0.3) is 5.17 Å². The number of hydrogen-bond acceptors (Lipinski definition) is 3. The third kappa shape index (κ3) is 1.99. The Morgan fingerprint density at radius 1 is 1.40 bits per heavy atom. The second kappa shape index (κ2) is 3.98. The summed E-state index contributed by atoms with van der Waals surface area (Å²) in [7, 11) is 1.78. The molecular formula is C11H11NO2S. The van der Waals surface area contributed by atoms with Crippen LogP contribution in [0.3, 0.4) is 0 Å². The van der Waals surface area contributed by atoms with Crippen LogP contribution in [0.4, 0.5) is 0 Å². The number of rotatable bonds is 2. The summed E-state index contributed by atoms with van der Waals surface area (Å²) >= 11 is 4.89. The smallest absolute Gasteiger partial charge is 0.336 e. The fourth-order valence-electron chi connectivity index (χ4n) is 1.57. The molecule has 78 valence electrons. The van der Waals surface area contributed by atoms with Crippen LogP contribution in [0.5, 0.6) is 0 Å². The van der Waals surface area contributed by atoms with Crippen LogP contribution >= 0.6 is 12.2 Å². The number of nitrogens with zero attached hydrogens (tertiary/aromatic N) is 1. The predicted octanol–water partition coefficient (Wildman–Crippen LogP) is 1.37. The normalized spacial score (nSPS) is 20.6. The van der Waals surface area contributed by atoms with Crippen LogP contribution in [0.2, 0.25) is 0 Å². The minimum Gasteiger partial charge on any atom is -0.397 e. The van der Waals surface area contributed by atoms with Crippen molar-refractivity contribution in [3.63, 3.8) is 0 Å². The van der Waals surface area contributed by atoms with Gasteiger partial charge in [0, 0.05) is 13.5 Å². The lowest BCUT2D eigenvalue weighted by atomic mass is 10.1. The van der Waals surface area contributed by atoms with E-state index in [1.54, 1.807) is 11.9 Å². The van der Waals surface area contributed by atoms with Gasteiger partial charge < -0.3 is 9.64 Å². The highest BCUT2D eigenvalue weighted by Crippen LogP contribution is 2.16. The molecule has 1 aromatic carbocycles. The molecule has 0 saturated carbocycles. The van der Waals surface area contributed by atoms with E-state index in [4.69, 9.17) is 17.0 Å². The average Bonchev–Trinajstić information content (AvgIpc) is 2.47. The summed E-state index contributed by atoms with van der Waals surface area (Å²) in [5, 5.41) is 0.265. The van der Waals surface area contributed by atoms with E-state index in [-0.39, 0.29) is 17.2 Å². The van der Waals surface area contributed by atoms with Gasteiger partial charge in [0.1, 0.15) is 6.04 Å². The molecule has 1 aliphatic rings. The van der Waals surface area contributed by atoms with Crippen molar-refractivity contribution in [3.05, 3.63) is 35.9 Å². The number of carbonyl (C=O) groups excluding carboxylic acids is 1. The van der Waals surface area contributed by atoms with E-state index < -0.39 is 0 Å². The van der Waals surface area contributed by atoms with Gasteiger partial charge in [-0.15, -0.1) is 0 Å². The lowest BCUT2D eigenvalue weighted by Gasteiger charge is -2.15. The van der Waals surface area contributed by atoms with E-state index in [1.807, 2.05) is 30.3 Å². The van der Waals surface area contributed by atoms with Gasteiger partial charge >= 0.3 is 5.97 Å². The number of cyclic esters (lactones) is 1. The summed E-state index contributed by atoms with van der Waals surface area (Å²) < 4.78 is 4.88. The first-order valence-electron chi connectivity index (χ1n) is 4.71. The molecule has 0 aromatic heterocycles. The summed E-state index contributed by atoms with van der Waals surface area (Å²) in [6.07, 6.45) is 0.635. The Morgan fingerprint density at radius 2 is 2.07 bits per heavy atom. The maximum absolute atomic E-state index is 11.4. The molecule has 0 amide bonds. The van der Waals surface area contributed by atoms with Crippen molar-refractivity contribution in [2.45, 2.75) is 12.5 Å². The number of esters is 1. The van der Waals surface area contributed by atoms with Crippen LogP contribution in [0.15, 0.2) is 30.3 Å². The molecule has 0 bridgehead atoms. The van der Waals surface area contributed by atoms with Crippen molar-refractivity contribution in [3.8, 4) is 0 Å². The molecule has 0 N–H and O–H groups in total. The third-order valence-electron chi connectivity index (χ3n) is 2.49. The van der Waals surface area contributed by atoms with E-state index in [0.717, 1.165) is 5.56 Å². The zero-order valence-electron chi connectivity index (χ0n) is 8.34. The molecule has 0 radical (unpaired) electrons. The molecule has 0 aliphatic carbocycles. The van der Waals surface area contributed by atoms with Gasteiger partial charge in [-0.3, -0.25) is 0 Å². The Hall–Kier alpha value is -1.42. The van der Waals surface area contributed by atoms with Crippen molar-refractivity contribution in [2.75, 3.05) is 7.05 Å². The average molecular weight is 221 g/mol. The topological polar surface area (TPSA) is 29.5 Å². The second-order valence-electron chi connectivity index (χ2n) is 3.50. The molecule has 0 spiro atoms. The summed E-state index contributed by atoms with van der Waals surface area (Å²) in [4.78, 5) is 13.1. The number of hydrogen-bond donors (Lipinski definition) is 0. The molecular weight excluding hydrogens is 210 g/mol. The molecule has 1 atom stereocenters. The summed E-state index contributed by atoms with van der Waals surface area (Å²) in [6, 6.07) is 9.55. The highest BCUT2D eigenvalue weighted by Gasteiger charge is 2.35. The molecule has 4 heteroatoms. The molecule has 0 unspecified atom stereocenters. The van der Waals surface area contributed by atoms with Crippen molar-refractivity contribution in [1.29, 1.82) is 0 Å². The molecule has 2 rings (SSSR count). The van der Waals surface area contributed by atoms with Gasteiger partial charge in [0.15, 0.2) is 0 Å². The zero-order chi connectivity index (χ0) is 10.8. The van der Waals surface area contributed by atoms with Crippen LogP contribution in [0, 0.1) is 0 Å².